The third-order valence-electron chi connectivity index (χ3n) is 4.09. The summed E-state index contributed by atoms with van der Waals surface area (Å²) in [4.78, 5) is 33.7. The smallest absolute Gasteiger partial charge is 0.258 e. The maximum absolute atomic E-state index is 12.6. The lowest BCUT2D eigenvalue weighted by atomic mass is 10.2. The summed E-state index contributed by atoms with van der Waals surface area (Å²) in [6, 6.07) is 7.19. The fourth-order valence-corrected chi connectivity index (χ4v) is 2.84. The van der Waals surface area contributed by atoms with E-state index in [0.29, 0.717) is 23.3 Å². The van der Waals surface area contributed by atoms with E-state index in [-0.39, 0.29) is 30.2 Å². The van der Waals surface area contributed by atoms with Gasteiger partial charge in [-0.25, -0.2) is 4.98 Å². The lowest BCUT2D eigenvalue weighted by Crippen LogP contribution is -2.43. The normalized spacial score (nSPS) is 17.8. The summed E-state index contributed by atoms with van der Waals surface area (Å²) in [6.45, 7) is 4.81. The van der Waals surface area contributed by atoms with E-state index in [2.05, 4.69) is 9.97 Å². The minimum absolute atomic E-state index is 0.00322. The first-order valence-electron chi connectivity index (χ1n) is 7.96. The molecule has 1 saturated heterocycles. The molecule has 3 rings (SSSR count). The van der Waals surface area contributed by atoms with Crippen molar-refractivity contribution in [1.82, 2.24) is 14.9 Å². The number of carbonyl (C=O) groups excluding carboxylic acids is 1. The van der Waals surface area contributed by atoms with E-state index in [0.717, 1.165) is 12.8 Å². The number of carbonyl (C=O) groups is 1. The number of aromatic nitrogens is 2. The first kappa shape index (κ1) is 15.7. The van der Waals surface area contributed by atoms with Gasteiger partial charge < -0.3 is 14.6 Å². The average Bonchev–Trinajstić information content (AvgIpc) is 3.06. The largest absolute Gasteiger partial charge is 0.368 e. The van der Waals surface area contributed by atoms with Gasteiger partial charge in [0.1, 0.15) is 11.9 Å². The zero-order chi connectivity index (χ0) is 16.4. The lowest BCUT2D eigenvalue weighted by molar-refractivity contribution is -0.143. The van der Waals surface area contributed by atoms with Crippen molar-refractivity contribution in [2.75, 3.05) is 6.61 Å². The topological polar surface area (TPSA) is 75.3 Å². The van der Waals surface area contributed by atoms with Crippen LogP contribution in [0.1, 0.15) is 32.5 Å². The van der Waals surface area contributed by atoms with Crippen molar-refractivity contribution in [3.05, 3.63) is 40.4 Å². The molecular weight excluding hydrogens is 294 g/mol. The molecule has 0 saturated carbocycles. The van der Waals surface area contributed by atoms with E-state index in [1.807, 2.05) is 19.9 Å². The summed E-state index contributed by atoms with van der Waals surface area (Å²) in [6.07, 6.45) is 1.29. The van der Waals surface area contributed by atoms with Gasteiger partial charge in [0.05, 0.1) is 17.4 Å². The minimum atomic E-state index is -0.371. The van der Waals surface area contributed by atoms with Crippen LogP contribution in [0.15, 0.2) is 29.1 Å². The molecule has 0 aliphatic carbocycles. The van der Waals surface area contributed by atoms with Gasteiger partial charge >= 0.3 is 0 Å². The average molecular weight is 315 g/mol. The minimum Gasteiger partial charge on any atom is -0.368 e. The fourth-order valence-electron chi connectivity index (χ4n) is 2.84. The van der Waals surface area contributed by atoms with Gasteiger partial charge in [-0.3, -0.25) is 9.59 Å². The molecule has 1 N–H and O–H groups in total. The number of hydrogen-bond acceptors (Lipinski definition) is 4. The molecule has 1 aromatic heterocycles. The molecule has 2 aromatic rings. The van der Waals surface area contributed by atoms with Crippen LogP contribution in [0.4, 0.5) is 0 Å². The van der Waals surface area contributed by atoms with Crippen LogP contribution in [0, 0.1) is 0 Å². The first-order valence-corrected chi connectivity index (χ1v) is 7.96. The van der Waals surface area contributed by atoms with Gasteiger partial charge in [0, 0.05) is 12.6 Å². The van der Waals surface area contributed by atoms with Gasteiger partial charge in [-0.2, -0.15) is 0 Å². The molecule has 0 radical (unpaired) electrons. The predicted molar refractivity (Wildman–Crippen MR) is 87.0 cm³/mol. The second kappa shape index (κ2) is 6.50. The third-order valence-corrected chi connectivity index (χ3v) is 4.09. The van der Waals surface area contributed by atoms with Crippen LogP contribution in [0.5, 0.6) is 0 Å². The predicted octanol–water partition coefficient (Wildman–Crippen LogP) is 1.84. The maximum atomic E-state index is 12.6. The molecule has 23 heavy (non-hydrogen) atoms. The Labute approximate surface area is 134 Å². The Morgan fingerprint density at radius 1 is 1.43 bits per heavy atom. The number of fused-ring (bicyclic) bond motifs is 1. The van der Waals surface area contributed by atoms with E-state index in [9.17, 15) is 9.59 Å². The summed E-state index contributed by atoms with van der Waals surface area (Å²) >= 11 is 0. The van der Waals surface area contributed by atoms with Crippen LogP contribution in [-0.4, -0.2) is 39.5 Å². The van der Waals surface area contributed by atoms with Gasteiger partial charge in [-0.15, -0.1) is 0 Å². The number of amides is 1. The standard InChI is InChI=1S/C17H21N3O3/c1-11(2)20(17(22)14-8-5-9-23-14)10-15-18-13-7-4-3-6-12(13)16(21)19-15/h3-4,6-7,11,14H,5,8-10H2,1-2H3,(H,18,19,21). The van der Waals surface area contributed by atoms with Crippen LogP contribution in [0.3, 0.4) is 0 Å². The molecule has 6 heteroatoms. The monoisotopic (exact) mass is 315 g/mol. The van der Waals surface area contributed by atoms with E-state index in [1.165, 1.54) is 0 Å². The Kier molecular flexibility index (Phi) is 4.43. The lowest BCUT2D eigenvalue weighted by Gasteiger charge is -2.28. The van der Waals surface area contributed by atoms with Gasteiger partial charge in [-0.1, -0.05) is 12.1 Å². The summed E-state index contributed by atoms with van der Waals surface area (Å²) in [5.41, 5.74) is 0.457. The van der Waals surface area contributed by atoms with Crippen LogP contribution in [0.2, 0.25) is 0 Å². The van der Waals surface area contributed by atoms with Crippen LogP contribution in [0.25, 0.3) is 10.9 Å². The summed E-state index contributed by atoms with van der Waals surface area (Å²) in [5.74, 6) is 0.460. The Bertz CT molecular complexity index is 763. The number of nitrogens with zero attached hydrogens (tertiary/aromatic N) is 2. The number of H-pyrrole nitrogens is 1. The van der Waals surface area contributed by atoms with Gasteiger partial charge in [0.15, 0.2) is 0 Å². The first-order chi connectivity index (χ1) is 11.1. The summed E-state index contributed by atoms with van der Waals surface area (Å²) in [7, 11) is 0. The number of aromatic amines is 1. The number of nitrogens with one attached hydrogen (secondary N) is 1. The molecule has 1 amide bonds. The quantitative estimate of drug-likeness (QED) is 0.934. The highest BCUT2D eigenvalue weighted by atomic mass is 16.5. The van der Waals surface area contributed by atoms with Crippen molar-refractivity contribution in [3.63, 3.8) is 0 Å². The molecule has 1 aliphatic heterocycles. The highest BCUT2D eigenvalue weighted by Crippen LogP contribution is 2.17. The van der Waals surface area contributed by atoms with Crippen LogP contribution in [-0.2, 0) is 16.1 Å². The Morgan fingerprint density at radius 3 is 2.91 bits per heavy atom. The molecule has 2 heterocycles. The van der Waals surface area contributed by atoms with Crippen molar-refractivity contribution >= 4 is 16.8 Å². The molecule has 0 bridgehead atoms. The van der Waals surface area contributed by atoms with Crippen LogP contribution < -0.4 is 5.56 Å². The molecule has 1 unspecified atom stereocenters. The van der Waals surface area contributed by atoms with Crippen molar-refractivity contribution in [3.8, 4) is 0 Å². The molecule has 1 aliphatic rings. The molecule has 122 valence electrons. The van der Waals surface area contributed by atoms with Crippen molar-refractivity contribution in [2.45, 2.75) is 45.4 Å². The maximum Gasteiger partial charge on any atom is 0.258 e. The molecule has 1 fully saturated rings. The number of rotatable bonds is 4. The molecule has 1 atom stereocenters. The Morgan fingerprint density at radius 2 is 2.22 bits per heavy atom. The van der Waals surface area contributed by atoms with E-state index < -0.39 is 0 Å². The second-order valence-corrected chi connectivity index (χ2v) is 6.09. The highest BCUT2D eigenvalue weighted by Gasteiger charge is 2.30. The molecule has 1 aromatic carbocycles. The number of hydrogen-bond donors (Lipinski definition) is 1. The summed E-state index contributed by atoms with van der Waals surface area (Å²) in [5, 5.41) is 0.554. The van der Waals surface area contributed by atoms with Gasteiger partial charge in [0.25, 0.3) is 11.5 Å². The summed E-state index contributed by atoms with van der Waals surface area (Å²) < 4.78 is 5.49. The highest BCUT2D eigenvalue weighted by molar-refractivity contribution is 5.81. The number of ether oxygens (including phenoxy) is 1. The molecule has 6 nitrogen and oxygen atoms in total. The number of para-hydroxylation sites is 1. The van der Waals surface area contributed by atoms with Crippen molar-refractivity contribution in [1.29, 1.82) is 0 Å². The second-order valence-electron chi connectivity index (χ2n) is 6.09. The fraction of sp³-hybridized carbons (Fsp3) is 0.471. The van der Waals surface area contributed by atoms with Gasteiger partial charge in [-0.05, 0) is 38.8 Å². The Hall–Kier alpha value is -2.21. The molecule has 0 spiro atoms. The van der Waals surface area contributed by atoms with Crippen molar-refractivity contribution < 1.29 is 9.53 Å². The SMILES string of the molecule is CC(C)N(Cc1nc2ccccc2c(=O)[nH]1)C(=O)C1CCCO1. The van der Waals surface area contributed by atoms with Crippen molar-refractivity contribution in [2.24, 2.45) is 0 Å². The van der Waals surface area contributed by atoms with E-state index in [4.69, 9.17) is 4.74 Å². The van der Waals surface area contributed by atoms with Crippen LogP contribution >= 0.6 is 0 Å². The zero-order valence-corrected chi connectivity index (χ0v) is 13.4. The molecular formula is C17H21N3O3. The third kappa shape index (κ3) is 3.27. The van der Waals surface area contributed by atoms with Gasteiger partial charge in [0.2, 0.25) is 0 Å². The van der Waals surface area contributed by atoms with E-state index >= 15 is 0 Å². The number of benzene rings is 1. The van der Waals surface area contributed by atoms with E-state index in [1.54, 1.807) is 23.1 Å². The zero-order valence-electron chi connectivity index (χ0n) is 13.4. The Balaban J connectivity index is 1.88.